The molecule has 1 fully saturated rings. The van der Waals surface area contributed by atoms with Gasteiger partial charge in [0.15, 0.2) is 0 Å². The zero-order chi connectivity index (χ0) is 22.3. The van der Waals surface area contributed by atoms with Crippen molar-refractivity contribution in [1.82, 2.24) is 19.9 Å². The molecule has 0 radical (unpaired) electrons. The first-order valence-electron chi connectivity index (χ1n) is 9.56. The van der Waals surface area contributed by atoms with Crippen LogP contribution in [0.15, 0.2) is 41.7 Å². The Morgan fingerprint density at radius 1 is 1.39 bits per heavy atom. The maximum atomic E-state index is 14.4. The number of phenols is 1. The van der Waals surface area contributed by atoms with Crippen molar-refractivity contribution in [3.8, 4) is 17.0 Å². The van der Waals surface area contributed by atoms with Crippen molar-refractivity contribution in [2.45, 2.75) is 13.0 Å². The van der Waals surface area contributed by atoms with Crippen LogP contribution in [0.1, 0.15) is 6.92 Å². The molecule has 1 atom stereocenters. The van der Waals surface area contributed by atoms with Crippen LogP contribution in [0.3, 0.4) is 0 Å². The summed E-state index contributed by atoms with van der Waals surface area (Å²) in [5.74, 6) is -0.797. The number of fused-ring (bicyclic) bond motifs is 1. The first-order valence-corrected chi connectivity index (χ1v) is 9.94. The van der Waals surface area contributed by atoms with Gasteiger partial charge in [-0.3, -0.25) is 9.78 Å². The highest BCUT2D eigenvalue weighted by atomic mass is 35.5. The van der Waals surface area contributed by atoms with Gasteiger partial charge in [-0.1, -0.05) is 24.2 Å². The number of carbonyl (C=O) groups excluding carboxylic acids is 1. The van der Waals surface area contributed by atoms with E-state index in [1.165, 1.54) is 30.3 Å². The fraction of sp³-hybridized carbons (Fsp3) is 0.238. The third kappa shape index (κ3) is 3.72. The van der Waals surface area contributed by atoms with Crippen molar-refractivity contribution in [2.24, 2.45) is 0 Å². The number of hydrogen-bond acceptors (Lipinski definition) is 6. The molecule has 0 spiro atoms. The summed E-state index contributed by atoms with van der Waals surface area (Å²) in [5.41, 5.74) is -0.614. The summed E-state index contributed by atoms with van der Waals surface area (Å²) in [6.45, 7) is 6.75. The average Bonchev–Trinajstić information content (AvgIpc) is 2.73. The lowest BCUT2D eigenvalue weighted by Crippen LogP contribution is -2.54. The SMILES string of the molecule is C=CC(=O)N1CCN(c2nc(=O)[nH]c3nc(-c4c(O)cccc4F)c(Cl)cc23)[C@@H](C)C1. The number of aromatic hydroxyl groups is 1. The number of anilines is 1. The molecule has 1 amide bonds. The number of aromatic amines is 1. The number of H-pyrrole nitrogens is 1. The molecule has 160 valence electrons. The molecule has 1 aliphatic heterocycles. The van der Waals surface area contributed by atoms with Gasteiger partial charge in [-0.05, 0) is 31.2 Å². The number of hydrogen-bond donors (Lipinski definition) is 2. The van der Waals surface area contributed by atoms with Gasteiger partial charge in [0.25, 0.3) is 0 Å². The summed E-state index contributed by atoms with van der Waals surface area (Å²) in [4.78, 5) is 38.8. The molecule has 3 aromatic rings. The van der Waals surface area contributed by atoms with Gasteiger partial charge < -0.3 is 14.9 Å². The first kappa shape index (κ1) is 20.8. The summed E-state index contributed by atoms with van der Waals surface area (Å²) in [7, 11) is 0. The Balaban J connectivity index is 1.82. The fourth-order valence-electron chi connectivity index (χ4n) is 3.78. The third-order valence-corrected chi connectivity index (χ3v) is 5.55. The highest BCUT2D eigenvalue weighted by Gasteiger charge is 2.29. The monoisotopic (exact) mass is 443 g/mol. The minimum Gasteiger partial charge on any atom is -0.507 e. The van der Waals surface area contributed by atoms with Crippen LogP contribution in [-0.4, -0.2) is 56.5 Å². The molecule has 10 heteroatoms. The van der Waals surface area contributed by atoms with E-state index in [1.54, 1.807) is 4.90 Å². The van der Waals surface area contributed by atoms with Crippen molar-refractivity contribution in [2.75, 3.05) is 24.5 Å². The van der Waals surface area contributed by atoms with Gasteiger partial charge in [0.2, 0.25) is 5.91 Å². The van der Waals surface area contributed by atoms with E-state index in [9.17, 15) is 19.1 Å². The molecular weight excluding hydrogens is 425 g/mol. The summed E-state index contributed by atoms with van der Waals surface area (Å²) < 4.78 is 14.4. The maximum absolute atomic E-state index is 14.4. The van der Waals surface area contributed by atoms with E-state index in [-0.39, 0.29) is 39.6 Å². The zero-order valence-corrected chi connectivity index (χ0v) is 17.4. The number of rotatable bonds is 3. The van der Waals surface area contributed by atoms with Crippen molar-refractivity contribution in [3.63, 3.8) is 0 Å². The molecule has 2 aromatic heterocycles. The molecule has 0 saturated carbocycles. The Kier molecular flexibility index (Phi) is 5.36. The predicted molar refractivity (Wildman–Crippen MR) is 116 cm³/mol. The molecule has 1 aromatic carbocycles. The number of aromatic nitrogens is 3. The van der Waals surface area contributed by atoms with E-state index in [1.807, 2.05) is 11.8 Å². The predicted octanol–water partition coefficient (Wildman–Crippen LogP) is 2.71. The van der Waals surface area contributed by atoms with Crippen LogP contribution in [0.4, 0.5) is 10.2 Å². The second kappa shape index (κ2) is 7.99. The van der Waals surface area contributed by atoms with Crippen LogP contribution in [0, 0.1) is 5.82 Å². The van der Waals surface area contributed by atoms with Gasteiger partial charge >= 0.3 is 5.69 Å². The quantitative estimate of drug-likeness (QED) is 0.603. The molecule has 4 rings (SSSR count). The van der Waals surface area contributed by atoms with E-state index in [2.05, 4.69) is 21.5 Å². The summed E-state index contributed by atoms with van der Waals surface area (Å²) >= 11 is 6.41. The highest BCUT2D eigenvalue weighted by Crippen LogP contribution is 2.37. The lowest BCUT2D eigenvalue weighted by molar-refractivity contribution is -0.126. The number of benzene rings is 1. The van der Waals surface area contributed by atoms with Gasteiger partial charge in [-0.15, -0.1) is 0 Å². The Morgan fingerprint density at radius 2 is 2.16 bits per heavy atom. The number of piperazine rings is 1. The van der Waals surface area contributed by atoms with Crippen molar-refractivity contribution < 1.29 is 14.3 Å². The Hall–Kier alpha value is -3.46. The van der Waals surface area contributed by atoms with Gasteiger partial charge in [0, 0.05) is 25.7 Å². The summed E-state index contributed by atoms with van der Waals surface area (Å²) in [6.07, 6.45) is 1.27. The number of halogens is 2. The Bertz CT molecular complexity index is 1240. The highest BCUT2D eigenvalue weighted by molar-refractivity contribution is 6.34. The smallest absolute Gasteiger partial charge is 0.348 e. The van der Waals surface area contributed by atoms with Crippen LogP contribution < -0.4 is 10.6 Å². The topological polar surface area (TPSA) is 102 Å². The maximum Gasteiger partial charge on any atom is 0.348 e. The lowest BCUT2D eigenvalue weighted by atomic mass is 10.1. The third-order valence-electron chi connectivity index (χ3n) is 5.26. The van der Waals surface area contributed by atoms with Crippen LogP contribution in [-0.2, 0) is 4.79 Å². The molecule has 0 aliphatic carbocycles. The number of pyridine rings is 1. The van der Waals surface area contributed by atoms with Crippen molar-refractivity contribution >= 4 is 34.4 Å². The van der Waals surface area contributed by atoms with Crippen LogP contribution in [0.25, 0.3) is 22.3 Å². The number of nitrogens with one attached hydrogen (secondary N) is 1. The minimum absolute atomic E-state index is 0.00649. The summed E-state index contributed by atoms with van der Waals surface area (Å²) in [5, 5.41) is 10.7. The molecule has 31 heavy (non-hydrogen) atoms. The first-order chi connectivity index (χ1) is 14.8. The van der Waals surface area contributed by atoms with Gasteiger partial charge in [0.1, 0.15) is 23.0 Å². The normalized spacial score (nSPS) is 16.5. The van der Waals surface area contributed by atoms with Gasteiger partial charge in [-0.2, -0.15) is 4.98 Å². The standard InChI is InChI=1S/C21H19ClFN5O3/c1-3-16(30)27-7-8-28(11(2)10-27)20-12-9-13(22)18(24-19(12)25-21(31)26-20)17-14(23)5-4-6-15(17)29/h3-6,9,11,29H,1,7-8,10H2,2H3,(H,24,25,26,31)/t11-/m0/s1. The van der Waals surface area contributed by atoms with Gasteiger partial charge in [-0.25, -0.2) is 14.2 Å². The molecule has 2 N–H and O–H groups in total. The van der Waals surface area contributed by atoms with Crippen LogP contribution >= 0.6 is 11.6 Å². The molecule has 3 heterocycles. The number of carbonyl (C=O) groups is 1. The lowest BCUT2D eigenvalue weighted by Gasteiger charge is -2.40. The molecule has 0 unspecified atom stereocenters. The van der Waals surface area contributed by atoms with E-state index in [4.69, 9.17) is 11.6 Å². The van der Waals surface area contributed by atoms with E-state index >= 15 is 0 Å². The van der Waals surface area contributed by atoms with Crippen molar-refractivity contribution in [1.29, 1.82) is 0 Å². The van der Waals surface area contributed by atoms with E-state index in [0.29, 0.717) is 30.8 Å². The Labute approximate surface area is 181 Å². The largest absolute Gasteiger partial charge is 0.507 e. The minimum atomic E-state index is -0.693. The van der Waals surface area contributed by atoms with Gasteiger partial charge in [0.05, 0.1) is 21.7 Å². The molecule has 0 bridgehead atoms. The zero-order valence-electron chi connectivity index (χ0n) is 16.6. The second-order valence-electron chi connectivity index (χ2n) is 7.25. The van der Waals surface area contributed by atoms with Crippen molar-refractivity contribution in [3.05, 3.63) is 58.2 Å². The van der Waals surface area contributed by atoms with Crippen LogP contribution in [0.5, 0.6) is 5.75 Å². The van der Waals surface area contributed by atoms with Crippen LogP contribution in [0.2, 0.25) is 5.02 Å². The second-order valence-corrected chi connectivity index (χ2v) is 7.65. The number of amides is 1. The number of nitrogens with zero attached hydrogens (tertiary/aromatic N) is 4. The molecule has 1 aliphatic rings. The average molecular weight is 444 g/mol. The molecule has 1 saturated heterocycles. The molecule has 8 nitrogen and oxygen atoms in total. The van der Waals surface area contributed by atoms with E-state index in [0.717, 1.165) is 0 Å². The fourth-order valence-corrected chi connectivity index (χ4v) is 4.03. The molecular formula is C21H19ClFN5O3. The van der Waals surface area contributed by atoms with E-state index < -0.39 is 11.5 Å². The number of phenolic OH excluding ortho intramolecular Hbond substituents is 1. The summed E-state index contributed by atoms with van der Waals surface area (Å²) in [6, 6.07) is 5.28. The Morgan fingerprint density at radius 3 is 2.84 bits per heavy atom.